The summed E-state index contributed by atoms with van der Waals surface area (Å²) in [4.78, 5) is 19.9. The first kappa shape index (κ1) is 29.1. The molecule has 1 atom stereocenters. The van der Waals surface area contributed by atoms with E-state index < -0.39 is 6.61 Å². The Kier molecular flexibility index (Phi) is 11.6. The van der Waals surface area contributed by atoms with Gasteiger partial charge in [-0.15, -0.1) is 11.8 Å². The van der Waals surface area contributed by atoms with E-state index in [-0.39, 0.29) is 12.0 Å². The fourth-order valence-electron chi connectivity index (χ4n) is 3.79. The van der Waals surface area contributed by atoms with Gasteiger partial charge in [0.1, 0.15) is 29.6 Å². The topological polar surface area (TPSA) is 140 Å². The minimum Gasteiger partial charge on any atom is -0.387 e. The maximum atomic E-state index is 11.7. The molecule has 9 nitrogen and oxygen atoms in total. The number of aliphatic hydroxyl groups is 1. The molecule has 0 spiro atoms. The zero-order valence-corrected chi connectivity index (χ0v) is 22.1. The van der Waals surface area contributed by atoms with Gasteiger partial charge in [0, 0.05) is 38.1 Å². The maximum absolute atomic E-state index is 11.7. The summed E-state index contributed by atoms with van der Waals surface area (Å²) in [5.41, 5.74) is 9.03. The Morgan fingerprint density at radius 1 is 1.28 bits per heavy atom. The van der Waals surface area contributed by atoms with Gasteiger partial charge < -0.3 is 25.4 Å². The number of rotatable bonds is 8. The van der Waals surface area contributed by atoms with Gasteiger partial charge in [-0.1, -0.05) is 32.9 Å². The highest BCUT2D eigenvalue weighted by Gasteiger charge is 2.27. The Balaban J connectivity index is 0.00000222. The van der Waals surface area contributed by atoms with Crippen molar-refractivity contribution in [1.82, 2.24) is 4.98 Å². The third-order valence-corrected chi connectivity index (χ3v) is 6.78. The van der Waals surface area contributed by atoms with Crippen LogP contribution in [0.1, 0.15) is 43.0 Å². The number of pyridine rings is 1. The summed E-state index contributed by atoms with van der Waals surface area (Å²) in [7, 11) is 1.61. The summed E-state index contributed by atoms with van der Waals surface area (Å²) in [5.74, 6) is 0.743. The van der Waals surface area contributed by atoms with E-state index in [0.29, 0.717) is 71.6 Å². The number of aliphatic hydroxyl groups excluding tert-OH is 1. The van der Waals surface area contributed by atoms with Crippen LogP contribution >= 0.6 is 11.8 Å². The van der Waals surface area contributed by atoms with E-state index in [0.717, 1.165) is 5.56 Å². The second-order valence-electron chi connectivity index (χ2n) is 7.79. The van der Waals surface area contributed by atoms with Crippen molar-refractivity contribution in [2.75, 3.05) is 49.7 Å². The maximum Gasteiger partial charge on any atom is 0.252 e. The van der Waals surface area contributed by atoms with Gasteiger partial charge in [0.2, 0.25) is 0 Å². The largest absolute Gasteiger partial charge is 0.387 e. The van der Waals surface area contributed by atoms with E-state index in [1.165, 1.54) is 16.7 Å². The number of nitrogens with two attached hydrogens (primary N) is 1. The van der Waals surface area contributed by atoms with E-state index in [2.05, 4.69) is 12.1 Å². The highest BCUT2D eigenvalue weighted by Crippen LogP contribution is 2.34. The Morgan fingerprint density at radius 2 is 1.94 bits per heavy atom. The summed E-state index contributed by atoms with van der Waals surface area (Å²) in [6.07, 6.45) is 0.410. The normalized spacial score (nSPS) is 14.8. The molecule has 1 aliphatic heterocycles. The molecule has 3 N–H and O–H groups in total. The third kappa shape index (κ3) is 6.74. The number of amides is 1. The van der Waals surface area contributed by atoms with Gasteiger partial charge in [-0.3, -0.25) is 4.79 Å². The Morgan fingerprint density at radius 3 is 2.50 bits per heavy atom. The molecule has 192 valence electrons. The predicted octanol–water partition coefficient (Wildman–Crippen LogP) is 2.82. The average Bonchev–Trinajstić information content (AvgIpc) is 2.95. The molecule has 1 fully saturated rings. The van der Waals surface area contributed by atoms with E-state index in [1.54, 1.807) is 7.05 Å². The summed E-state index contributed by atoms with van der Waals surface area (Å²) < 4.78 is 5.66. The average molecular weight is 511 g/mol. The number of likely N-dealkylation sites (N-methyl/N-ethyl adjacent to an activating group) is 1. The molecule has 0 saturated carbocycles. The van der Waals surface area contributed by atoms with Crippen LogP contribution in [0.4, 0.5) is 11.5 Å². The molecule has 36 heavy (non-hydrogen) atoms. The SMILES string of the molecule is CC.CCc1c(C#N)c(SCc2ccc(N(C)C(=O)CO)cc2)nc(N2CCOC(CN)C2)c1C#N. The number of hydrogen-bond donors (Lipinski definition) is 2. The molecule has 1 amide bonds. The first-order chi connectivity index (χ1) is 17.5. The Labute approximate surface area is 217 Å². The number of anilines is 2. The first-order valence-corrected chi connectivity index (χ1v) is 13.0. The van der Waals surface area contributed by atoms with E-state index in [4.69, 9.17) is 20.6 Å². The van der Waals surface area contributed by atoms with Crippen molar-refractivity contribution in [3.05, 3.63) is 46.5 Å². The minimum absolute atomic E-state index is 0.131. The summed E-state index contributed by atoms with van der Waals surface area (Å²) in [5, 5.41) is 29.4. The number of morpholine rings is 1. The van der Waals surface area contributed by atoms with E-state index in [9.17, 15) is 15.3 Å². The molecule has 2 aromatic rings. The smallest absolute Gasteiger partial charge is 0.252 e. The number of nitrogens with zero attached hydrogens (tertiary/aromatic N) is 5. The van der Waals surface area contributed by atoms with Crippen molar-refractivity contribution in [3.8, 4) is 12.1 Å². The third-order valence-electron chi connectivity index (χ3n) is 5.74. The van der Waals surface area contributed by atoms with Crippen molar-refractivity contribution in [2.24, 2.45) is 5.73 Å². The lowest BCUT2D eigenvalue weighted by molar-refractivity contribution is -0.120. The quantitative estimate of drug-likeness (QED) is 0.513. The summed E-state index contributed by atoms with van der Waals surface area (Å²) in [6.45, 7) is 7.40. The van der Waals surface area contributed by atoms with Crippen LogP contribution < -0.4 is 15.5 Å². The lowest BCUT2D eigenvalue weighted by atomic mass is 10.0. The van der Waals surface area contributed by atoms with Crippen LogP contribution in [0.3, 0.4) is 0 Å². The van der Waals surface area contributed by atoms with Gasteiger partial charge in [-0.2, -0.15) is 10.5 Å². The predicted molar refractivity (Wildman–Crippen MR) is 142 cm³/mol. The molecule has 0 radical (unpaired) electrons. The molecular weight excluding hydrogens is 476 g/mol. The number of carbonyl (C=O) groups is 1. The summed E-state index contributed by atoms with van der Waals surface area (Å²) >= 11 is 1.44. The van der Waals surface area contributed by atoms with Crippen LogP contribution in [0.5, 0.6) is 0 Å². The highest BCUT2D eigenvalue weighted by atomic mass is 32.2. The lowest BCUT2D eigenvalue weighted by Gasteiger charge is -2.34. The van der Waals surface area contributed by atoms with Crippen molar-refractivity contribution in [3.63, 3.8) is 0 Å². The molecule has 1 aromatic carbocycles. The van der Waals surface area contributed by atoms with Crippen LogP contribution in [0, 0.1) is 22.7 Å². The number of thioether (sulfide) groups is 1. The molecule has 2 heterocycles. The molecule has 1 saturated heterocycles. The molecule has 0 aliphatic carbocycles. The Hall–Kier alpha value is -3.15. The highest BCUT2D eigenvalue weighted by molar-refractivity contribution is 7.98. The van der Waals surface area contributed by atoms with Crippen LogP contribution in [-0.4, -0.2) is 62.0 Å². The van der Waals surface area contributed by atoms with Gasteiger partial charge in [0.05, 0.1) is 23.8 Å². The van der Waals surface area contributed by atoms with Crippen molar-refractivity contribution >= 4 is 29.2 Å². The van der Waals surface area contributed by atoms with Crippen LogP contribution in [0.15, 0.2) is 29.3 Å². The number of hydrogen-bond acceptors (Lipinski definition) is 9. The molecule has 1 aromatic heterocycles. The number of carbonyl (C=O) groups excluding carboxylic acids is 1. The molecule has 0 bridgehead atoms. The second-order valence-corrected chi connectivity index (χ2v) is 8.75. The fourth-order valence-corrected chi connectivity index (χ4v) is 4.75. The molecule has 3 rings (SSSR count). The number of nitriles is 2. The number of benzene rings is 1. The van der Waals surface area contributed by atoms with Gasteiger partial charge in [0.25, 0.3) is 5.91 Å². The monoisotopic (exact) mass is 510 g/mol. The zero-order chi connectivity index (χ0) is 26.7. The van der Waals surface area contributed by atoms with E-state index >= 15 is 0 Å². The molecule has 10 heteroatoms. The number of ether oxygens (including phenoxy) is 1. The standard InChI is InChI=1S/C24H28N6O3S.C2H6/c1-3-19-20(11-26)23(30-8-9-33-18(10-25)13-30)28-24(21(19)12-27)34-15-16-4-6-17(7-5-16)29(2)22(32)14-31;1-2/h4-7,18,31H,3,8-10,13-15,25H2,1-2H3;1-2H3. The zero-order valence-electron chi connectivity index (χ0n) is 21.3. The fraction of sp³-hybridized carbons (Fsp3) is 0.462. The van der Waals surface area contributed by atoms with Crippen LogP contribution in [-0.2, 0) is 21.7 Å². The van der Waals surface area contributed by atoms with Crippen molar-refractivity contribution in [1.29, 1.82) is 10.5 Å². The lowest BCUT2D eigenvalue weighted by Crippen LogP contribution is -2.46. The van der Waals surface area contributed by atoms with Gasteiger partial charge in [-0.05, 0) is 29.7 Å². The van der Waals surface area contributed by atoms with Gasteiger partial charge in [-0.25, -0.2) is 4.98 Å². The van der Waals surface area contributed by atoms with Gasteiger partial charge >= 0.3 is 0 Å². The summed E-state index contributed by atoms with van der Waals surface area (Å²) in [6, 6.07) is 11.9. The van der Waals surface area contributed by atoms with E-state index in [1.807, 2.05) is 49.9 Å². The van der Waals surface area contributed by atoms with Crippen LogP contribution in [0.25, 0.3) is 0 Å². The molecular formula is C26H34N6O3S. The number of aromatic nitrogens is 1. The first-order valence-electron chi connectivity index (χ1n) is 12.0. The second kappa shape index (κ2) is 14.4. The van der Waals surface area contributed by atoms with Crippen LogP contribution in [0.2, 0.25) is 0 Å². The molecule has 1 unspecified atom stereocenters. The minimum atomic E-state index is -0.549. The van der Waals surface area contributed by atoms with Crippen molar-refractivity contribution < 1.29 is 14.6 Å². The van der Waals surface area contributed by atoms with Gasteiger partial charge in [0.15, 0.2) is 0 Å². The Bertz CT molecular complexity index is 1110. The van der Waals surface area contributed by atoms with Crippen molar-refractivity contribution in [2.45, 2.75) is 44.1 Å². The molecule has 1 aliphatic rings.